The molecule has 2 aliphatic heterocycles. The number of fused-ring (bicyclic) bond motifs is 1. The van der Waals surface area contributed by atoms with Gasteiger partial charge in [0.15, 0.2) is 0 Å². The summed E-state index contributed by atoms with van der Waals surface area (Å²) in [5.41, 5.74) is 1.49. The minimum Gasteiger partial charge on any atom is -0.341 e. The second kappa shape index (κ2) is 7.75. The van der Waals surface area contributed by atoms with Gasteiger partial charge in [0.05, 0.1) is 17.0 Å². The molecule has 0 unspecified atom stereocenters. The van der Waals surface area contributed by atoms with Crippen molar-refractivity contribution in [1.29, 1.82) is 0 Å². The zero-order valence-electron chi connectivity index (χ0n) is 16.6. The van der Waals surface area contributed by atoms with Crippen molar-refractivity contribution >= 4 is 17.7 Å². The molecule has 4 heterocycles. The molecular weight excluding hydrogens is 398 g/mol. The topological polar surface area (TPSA) is 110 Å². The predicted molar refractivity (Wildman–Crippen MR) is 108 cm³/mol. The highest BCUT2D eigenvalue weighted by Gasteiger charge is 2.37. The molecule has 1 saturated heterocycles. The highest BCUT2D eigenvalue weighted by Crippen LogP contribution is 2.28. The summed E-state index contributed by atoms with van der Waals surface area (Å²) < 4.78 is 5.33. The first-order valence-corrected chi connectivity index (χ1v) is 10.1. The highest BCUT2D eigenvalue weighted by molar-refractivity contribution is 6.21. The maximum atomic E-state index is 12.4. The number of amides is 3. The lowest BCUT2D eigenvalue weighted by atomic mass is 9.99. The Hall–Kier alpha value is -3.88. The Kier molecular flexibility index (Phi) is 4.78. The van der Waals surface area contributed by atoms with Crippen molar-refractivity contribution in [2.45, 2.75) is 18.8 Å². The van der Waals surface area contributed by atoms with Crippen LogP contribution in [0, 0.1) is 0 Å². The molecule has 5 rings (SSSR count). The number of hydrogen-bond acceptors (Lipinski definition) is 7. The smallest absolute Gasteiger partial charge is 0.261 e. The predicted octanol–water partition coefficient (Wildman–Crippen LogP) is 2.13. The second-order valence-electron chi connectivity index (χ2n) is 7.58. The maximum absolute atomic E-state index is 12.4. The number of nitrogens with zero attached hydrogens (tertiary/aromatic N) is 5. The van der Waals surface area contributed by atoms with Crippen LogP contribution in [-0.2, 0) is 4.79 Å². The van der Waals surface area contributed by atoms with Gasteiger partial charge >= 0.3 is 0 Å². The number of rotatable bonds is 6. The molecule has 1 fully saturated rings. The lowest BCUT2D eigenvalue weighted by Crippen LogP contribution is -2.48. The molecule has 0 atom stereocenters. The number of imide groups is 1. The molecule has 0 saturated carbocycles. The summed E-state index contributed by atoms with van der Waals surface area (Å²) in [6, 6.07) is 12.2. The molecule has 0 spiro atoms. The molecule has 9 nitrogen and oxygen atoms in total. The number of aromatic nitrogens is 3. The standard InChI is InChI=1S/C22H19N5O4/c28-18(9-5-11-27-21(29)15-6-1-2-7-16(15)22(27)30)26-12-14(13-26)20-24-19(25-31-20)17-8-3-4-10-23-17/h1-4,6-8,10,14H,5,9,11-13H2. The first-order valence-electron chi connectivity index (χ1n) is 10.1. The molecule has 0 bridgehead atoms. The van der Waals surface area contributed by atoms with Crippen LogP contribution in [0.2, 0.25) is 0 Å². The van der Waals surface area contributed by atoms with Gasteiger partial charge in [0.2, 0.25) is 17.6 Å². The Morgan fingerprint density at radius 1 is 1.03 bits per heavy atom. The fourth-order valence-corrected chi connectivity index (χ4v) is 3.83. The Morgan fingerprint density at radius 3 is 2.42 bits per heavy atom. The van der Waals surface area contributed by atoms with Crippen LogP contribution >= 0.6 is 0 Å². The number of carbonyl (C=O) groups is 3. The van der Waals surface area contributed by atoms with Crippen LogP contribution in [0.3, 0.4) is 0 Å². The summed E-state index contributed by atoms with van der Waals surface area (Å²) in [7, 11) is 0. The van der Waals surface area contributed by atoms with Gasteiger partial charge in [-0.3, -0.25) is 24.3 Å². The summed E-state index contributed by atoms with van der Waals surface area (Å²) >= 11 is 0. The first kappa shape index (κ1) is 19.1. The van der Waals surface area contributed by atoms with Gasteiger partial charge in [0.1, 0.15) is 5.69 Å². The van der Waals surface area contributed by atoms with Gasteiger partial charge in [0.25, 0.3) is 11.8 Å². The van der Waals surface area contributed by atoms with E-state index >= 15 is 0 Å². The fraction of sp³-hybridized carbons (Fsp3) is 0.273. The molecule has 2 aliphatic rings. The van der Waals surface area contributed by atoms with E-state index in [1.54, 1.807) is 41.4 Å². The lowest BCUT2D eigenvalue weighted by molar-refractivity contribution is -0.136. The summed E-state index contributed by atoms with van der Waals surface area (Å²) in [6.07, 6.45) is 2.36. The Balaban J connectivity index is 1.10. The van der Waals surface area contributed by atoms with Crippen LogP contribution in [0.1, 0.15) is 45.4 Å². The third-order valence-corrected chi connectivity index (χ3v) is 5.57. The maximum Gasteiger partial charge on any atom is 0.261 e. The largest absolute Gasteiger partial charge is 0.341 e. The third kappa shape index (κ3) is 3.48. The van der Waals surface area contributed by atoms with Crippen molar-refractivity contribution in [1.82, 2.24) is 24.9 Å². The van der Waals surface area contributed by atoms with Gasteiger partial charge in [-0.25, -0.2) is 0 Å². The van der Waals surface area contributed by atoms with E-state index in [0.29, 0.717) is 48.0 Å². The van der Waals surface area contributed by atoms with Crippen LogP contribution in [0.4, 0.5) is 0 Å². The van der Waals surface area contributed by atoms with Gasteiger partial charge in [0, 0.05) is 32.3 Å². The Labute approximate surface area is 177 Å². The summed E-state index contributed by atoms with van der Waals surface area (Å²) in [4.78, 5) is 48.7. The molecule has 2 aromatic heterocycles. The second-order valence-corrected chi connectivity index (χ2v) is 7.58. The molecule has 0 radical (unpaired) electrons. The van der Waals surface area contributed by atoms with Crippen molar-refractivity contribution in [3.8, 4) is 11.5 Å². The number of benzene rings is 1. The molecule has 3 aromatic rings. The van der Waals surface area contributed by atoms with Crippen molar-refractivity contribution in [2.24, 2.45) is 0 Å². The minimum absolute atomic E-state index is 0.00477. The zero-order chi connectivity index (χ0) is 21.4. The normalized spacial score (nSPS) is 15.9. The SMILES string of the molecule is O=C(CCCN1C(=O)c2ccccc2C1=O)N1CC(c2nc(-c3ccccn3)no2)C1. The molecule has 3 amide bonds. The van der Waals surface area contributed by atoms with Gasteiger partial charge in [-0.15, -0.1) is 0 Å². The quantitative estimate of drug-likeness (QED) is 0.565. The monoisotopic (exact) mass is 417 g/mol. The van der Waals surface area contributed by atoms with E-state index in [1.165, 1.54) is 4.90 Å². The number of carbonyl (C=O) groups excluding carboxylic acids is 3. The van der Waals surface area contributed by atoms with Gasteiger partial charge in [-0.1, -0.05) is 23.4 Å². The Bertz CT molecular complexity index is 1120. The first-order chi connectivity index (χ1) is 15.1. The van der Waals surface area contributed by atoms with Crippen LogP contribution in [-0.4, -0.2) is 62.3 Å². The average molecular weight is 417 g/mol. The van der Waals surface area contributed by atoms with Crippen molar-refractivity contribution in [3.63, 3.8) is 0 Å². The van der Waals surface area contributed by atoms with Crippen LogP contribution in [0.15, 0.2) is 53.2 Å². The number of likely N-dealkylation sites (tertiary alicyclic amines) is 1. The van der Waals surface area contributed by atoms with E-state index < -0.39 is 0 Å². The molecule has 0 N–H and O–H groups in total. The van der Waals surface area contributed by atoms with Crippen molar-refractivity contribution in [3.05, 3.63) is 65.7 Å². The molecular formula is C22H19N5O4. The number of hydrogen-bond donors (Lipinski definition) is 0. The van der Waals surface area contributed by atoms with Gasteiger partial charge in [-0.2, -0.15) is 4.98 Å². The average Bonchev–Trinajstić information content (AvgIpc) is 3.33. The van der Waals surface area contributed by atoms with E-state index in [9.17, 15) is 14.4 Å². The van der Waals surface area contributed by atoms with E-state index in [4.69, 9.17) is 4.52 Å². The summed E-state index contributed by atoms with van der Waals surface area (Å²) in [5.74, 6) is 0.328. The van der Waals surface area contributed by atoms with Gasteiger partial charge < -0.3 is 9.42 Å². The van der Waals surface area contributed by atoms with Crippen LogP contribution in [0.25, 0.3) is 11.5 Å². The molecule has 0 aliphatic carbocycles. The minimum atomic E-state index is -0.294. The van der Waals surface area contributed by atoms with Crippen molar-refractivity contribution < 1.29 is 18.9 Å². The van der Waals surface area contributed by atoms with E-state index in [1.807, 2.05) is 12.1 Å². The summed E-state index contributed by atoms with van der Waals surface area (Å²) in [6.45, 7) is 1.25. The van der Waals surface area contributed by atoms with E-state index in [0.717, 1.165) is 0 Å². The van der Waals surface area contributed by atoms with Crippen LogP contribution in [0.5, 0.6) is 0 Å². The molecule has 9 heteroatoms. The fourth-order valence-electron chi connectivity index (χ4n) is 3.83. The molecule has 156 valence electrons. The lowest BCUT2D eigenvalue weighted by Gasteiger charge is -2.37. The molecule has 31 heavy (non-hydrogen) atoms. The highest BCUT2D eigenvalue weighted by atomic mass is 16.5. The van der Waals surface area contributed by atoms with E-state index in [2.05, 4.69) is 15.1 Å². The van der Waals surface area contributed by atoms with E-state index in [-0.39, 0.29) is 36.6 Å². The third-order valence-electron chi connectivity index (χ3n) is 5.57. The number of pyridine rings is 1. The summed E-state index contributed by atoms with van der Waals surface area (Å²) in [5, 5.41) is 3.96. The zero-order valence-corrected chi connectivity index (χ0v) is 16.6. The Morgan fingerprint density at radius 2 is 1.74 bits per heavy atom. The molecule has 1 aromatic carbocycles. The van der Waals surface area contributed by atoms with Crippen molar-refractivity contribution in [2.75, 3.05) is 19.6 Å². The van der Waals surface area contributed by atoms with Gasteiger partial charge in [-0.05, 0) is 30.7 Å². The van der Waals surface area contributed by atoms with Crippen LogP contribution < -0.4 is 0 Å².